The summed E-state index contributed by atoms with van der Waals surface area (Å²) in [5, 5.41) is 6.55. The zero-order chi connectivity index (χ0) is 17.8. The first-order valence-electron chi connectivity index (χ1n) is 7.94. The molecule has 3 rings (SSSR count). The Hall–Kier alpha value is -3.03. The number of ether oxygens (including phenoxy) is 1. The van der Waals surface area contributed by atoms with Crippen molar-refractivity contribution >= 4 is 17.0 Å². The Labute approximate surface area is 143 Å². The van der Waals surface area contributed by atoms with Gasteiger partial charge in [0.2, 0.25) is 5.91 Å². The van der Waals surface area contributed by atoms with E-state index >= 15 is 0 Å². The maximum Gasteiger partial charge on any atom is 0.420 e. The number of aryl methyl sites for hydroxylation is 1. The number of carbonyl (C=O) groups is 1. The van der Waals surface area contributed by atoms with Gasteiger partial charge in [0.1, 0.15) is 5.76 Å². The quantitative estimate of drug-likeness (QED) is 0.700. The normalized spacial score (nSPS) is 12.2. The number of nitrogens with one attached hydrogen (secondary N) is 1. The van der Waals surface area contributed by atoms with Gasteiger partial charge in [0.05, 0.1) is 12.6 Å². The molecule has 0 aliphatic carbocycles. The molecule has 1 atom stereocenters. The second-order valence-corrected chi connectivity index (χ2v) is 5.75. The largest absolute Gasteiger partial charge is 0.479 e. The minimum atomic E-state index is -0.434. The fourth-order valence-electron chi connectivity index (χ4n) is 2.60. The van der Waals surface area contributed by atoms with Crippen molar-refractivity contribution in [2.45, 2.75) is 32.4 Å². The van der Waals surface area contributed by atoms with Crippen molar-refractivity contribution < 1.29 is 18.5 Å². The van der Waals surface area contributed by atoms with Crippen molar-refractivity contribution in [1.29, 1.82) is 0 Å². The fourth-order valence-corrected chi connectivity index (χ4v) is 2.60. The highest BCUT2D eigenvalue weighted by Crippen LogP contribution is 2.13. The zero-order valence-corrected chi connectivity index (χ0v) is 14.0. The van der Waals surface area contributed by atoms with Crippen LogP contribution >= 0.6 is 0 Å². The third-order valence-electron chi connectivity index (χ3n) is 3.78. The number of amides is 1. The van der Waals surface area contributed by atoms with E-state index in [9.17, 15) is 9.59 Å². The van der Waals surface area contributed by atoms with E-state index in [0.29, 0.717) is 35.7 Å². The number of hydrogen-bond donors (Lipinski definition) is 1. The molecular formula is C17H19N3O5. The first kappa shape index (κ1) is 16.8. The molecule has 2 aromatic heterocycles. The smallest absolute Gasteiger partial charge is 0.420 e. The van der Waals surface area contributed by atoms with Crippen LogP contribution in [0, 0.1) is 0 Å². The SMILES string of the molecule is COc1cc(CCC(=O)N[C@H](C)Cn2c(=O)oc3ccccc32)on1. The molecule has 0 radical (unpaired) electrons. The van der Waals surface area contributed by atoms with Gasteiger partial charge in [0.25, 0.3) is 5.88 Å². The highest BCUT2D eigenvalue weighted by Gasteiger charge is 2.14. The van der Waals surface area contributed by atoms with Crippen LogP contribution in [-0.4, -0.2) is 28.8 Å². The number of carbonyl (C=O) groups excluding carboxylic acids is 1. The van der Waals surface area contributed by atoms with E-state index in [0.717, 1.165) is 0 Å². The minimum Gasteiger partial charge on any atom is -0.479 e. The molecule has 1 amide bonds. The second kappa shape index (κ2) is 7.25. The Morgan fingerprint density at radius 1 is 1.40 bits per heavy atom. The topological polar surface area (TPSA) is 99.5 Å². The first-order valence-corrected chi connectivity index (χ1v) is 7.94. The number of aromatic nitrogens is 2. The molecule has 0 fully saturated rings. The molecule has 0 bridgehead atoms. The molecule has 0 saturated carbocycles. The summed E-state index contributed by atoms with van der Waals surface area (Å²) in [7, 11) is 1.50. The summed E-state index contributed by atoms with van der Waals surface area (Å²) < 4.78 is 16.7. The van der Waals surface area contributed by atoms with E-state index in [4.69, 9.17) is 13.7 Å². The molecule has 0 saturated heterocycles. The molecule has 0 spiro atoms. The predicted molar refractivity (Wildman–Crippen MR) is 89.5 cm³/mol. The summed E-state index contributed by atoms with van der Waals surface area (Å²) in [6.07, 6.45) is 0.674. The van der Waals surface area contributed by atoms with E-state index in [1.54, 1.807) is 18.2 Å². The van der Waals surface area contributed by atoms with Crippen molar-refractivity contribution in [2.75, 3.05) is 7.11 Å². The Kier molecular flexibility index (Phi) is 4.87. The molecule has 1 aromatic carbocycles. The molecular weight excluding hydrogens is 326 g/mol. The van der Waals surface area contributed by atoms with Crippen LogP contribution in [0.5, 0.6) is 5.88 Å². The summed E-state index contributed by atoms with van der Waals surface area (Å²) in [5.41, 5.74) is 1.24. The molecule has 0 unspecified atom stereocenters. The van der Waals surface area contributed by atoms with Crippen LogP contribution in [0.1, 0.15) is 19.1 Å². The van der Waals surface area contributed by atoms with Gasteiger partial charge in [-0.3, -0.25) is 9.36 Å². The lowest BCUT2D eigenvalue weighted by Crippen LogP contribution is -2.37. The third kappa shape index (κ3) is 3.90. The Morgan fingerprint density at radius 2 is 2.20 bits per heavy atom. The van der Waals surface area contributed by atoms with E-state index in [1.165, 1.54) is 11.7 Å². The van der Waals surface area contributed by atoms with Crippen molar-refractivity contribution in [3.63, 3.8) is 0 Å². The first-order chi connectivity index (χ1) is 12.1. The summed E-state index contributed by atoms with van der Waals surface area (Å²) in [6.45, 7) is 2.17. The Balaban J connectivity index is 1.56. The molecule has 8 nitrogen and oxygen atoms in total. The lowest BCUT2D eigenvalue weighted by molar-refractivity contribution is -0.121. The lowest BCUT2D eigenvalue weighted by Gasteiger charge is -2.14. The van der Waals surface area contributed by atoms with E-state index in [1.807, 2.05) is 19.1 Å². The Bertz CT molecular complexity index is 924. The molecule has 2 heterocycles. The molecule has 132 valence electrons. The number of para-hydroxylation sites is 2. The van der Waals surface area contributed by atoms with Crippen LogP contribution in [-0.2, 0) is 17.8 Å². The summed E-state index contributed by atoms with van der Waals surface area (Å²) in [6, 6.07) is 8.61. The predicted octanol–water partition coefficient (Wildman–Crippen LogP) is 1.73. The van der Waals surface area contributed by atoms with Crippen LogP contribution in [0.3, 0.4) is 0 Å². The van der Waals surface area contributed by atoms with Gasteiger partial charge in [-0.2, -0.15) is 0 Å². The van der Waals surface area contributed by atoms with Crippen molar-refractivity contribution in [3.8, 4) is 5.88 Å². The van der Waals surface area contributed by atoms with Crippen LogP contribution < -0.4 is 15.8 Å². The maximum atomic E-state index is 12.1. The van der Waals surface area contributed by atoms with E-state index < -0.39 is 5.76 Å². The van der Waals surface area contributed by atoms with Gasteiger partial charge in [0.15, 0.2) is 5.58 Å². The Morgan fingerprint density at radius 3 is 2.96 bits per heavy atom. The van der Waals surface area contributed by atoms with Crippen LogP contribution in [0.2, 0.25) is 0 Å². The van der Waals surface area contributed by atoms with Gasteiger partial charge in [-0.15, -0.1) is 0 Å². The van der Waals surface area contributed by atoms with Crippen molar-refractivity contribution in [2.24, 2.45) is 0 Å². The van der Waals surface area contributed by atoms with Gasteiger partial charge in [-0.1, -0.05) is 12.1 Å². The van der Waals surface area contributed by atoms with E-state index in [2.05, 4.69) is 10.5 Å². The number of fused-ring (bicyclic) bond motifs is 1. The standard InChI is InChI=1S/C17H19N3O5/c1-11(10-20-13-5-3-4-6-14(13)24-17(20)22)18-15(21)8-7-12-9-16(23-2)19-25-12/h3-6,9,11H,7-8,10H2,1-2H3,(H,18,21)/t11-/m1/s1. The van der Waals surface area contributed by atoms with Gasteiger partial charge < -0.3 is 19.0 Å². The molecule has 0 aliphatic heterocycles. The number of benzene rings is 1. The molecule has 25 heavy (non-hydrogen) atoms. The van der Waals surface area contributed by atoms with Crippen LogP contribution in [0.15, 0.2) is 44.1 Å². The maximum absolute atomic E-state index is 12.1. The van der Waals surface area contributed by atoms with Gasteiger partial charge in [0, 0.05) is 31.5 Å². The highest BCUT2D eigenvalue weighted by atomic mass is 16.5. The summed E-state index contributed by atoms with van der Waals surface area (Å²) in [4.78, 5) is 24.0. The number of hydrogen-bond acceptors (Lipinski definition) is 6. The fraction of sp³-hybridized carbons (Fsp3) is 0.353. The number of oxazole rings is 1. The minimum absolute atomic E-state index is 0.135. The number of rotatable bonds is 7. The molecule has 8 heteroatoms. The van der Waals surface area contributed by atoms with Crippen molar-refractivity contribution in [3.05, 3.63) is 46.6 Å². The monoisotopic (exact) mass is 345 g/mol. The van der Waals surface area contributed by atoms with E-state index in [-0.39, 0.29) is 18.4 Å². The van der Waals surface area contributed by atoms with Gasteiger partial charge >= 0.3 is 5.76 Å². The number of nitrogens with zero attached hydrogens (tertiary/aromatic N) is 2. The summed E-state index contributed by atoms with van der Waals surface area (Å²) in [5.74, 6) is 0.395. The third-order valence-corrected chi connectivity index (χ3v) is 3.78. The van der Waals surface area contributed by atoms with Crippen LogP contribution in [0.4, 0.5) is 0 Å². The average Bonchev–Trinajstić information content (AvgIpc) is 3.18. The molecule has 0 aliphatic rings. The van der Waals surface area contributed by atoms with Gasteiger partial charge in [-0.05, 0) is 24.2 Å². The number of methoxy groups -OCH3 is 1. The summed E-state index contributed by atoms with van der Waals surface area (Å²) >= 11 is 0. The lowest BCUT2D eigenvalue weighted by atomic mass is 10.2. The molecule has 1 N–H and O–H groups in total. The van der Waals surface area contributed by atoms with Gasteiger partial charge in [-0.25, -0.2) is 4.79 Å². The second-order valence-electron chi connectivity index (χ2n) is 5.75. The average molecular weight is 345 g/mol. The molecule has 3 aromatic rings. The zero-order valence-electron chi connectivity index (χ0n) is 14.0. The van der Waals surface area contributed by atoms with Crippen LogP contribution in [0.25, 0.3) is 11.1 Å². The van der Waals surface area contributed by atoms with Crippen molar-refractivity contribution in [1.82, 2.24) is 15.0 Å². The highest BCUT2D eigenvalue weighted by molar-refractivity contribution is 5.76.